The van der Waals surface area contributed by atoms with Crippen molar-refractivity contribution in [2.75, 3.05) is 6.54 Å². The van der Waals surface area contributed by atoms with Crippen molar-refractivity contribution in [3.05, 3.63) is 18.0 Å². The average molecular weight is 415 g/mol. The maximum Gasteiger partial charge on any atom is 0.410 e. The summed E-state index contributed by atoms with van der Waals surface area (Å²) in [5.41, 5.74) is -1.02. The lowest BCUT2D eigenvalue weighted by Gasteiger charge is -2.30. The van der Waals surface area contributed by atoms with E-state index >= 15 is 0 Å². The highest BCUT2D eigenvalue weighted by atomic mass is 19.3. The zero-order valence-corrected chi connectivity index (χ0v) is 18.2. The Morgan fingerprint density at radius 2 is 1.83 bits per heavy atom. The number of hydrogen-bond donors (Lipinski definition) is 0. The first kappa shape index (κ1) is 22.0. The Morgan fingerprint density at radius 3 is 2.38 bits per heavy atom. The molecule has 2 aliphatic heterocycles. The van der Waals surface area contributed by atoms with E-state index in [1.54, 1.807) is 37.8 Å². The second-order valence-electron chi connectivity index (χ2n) is 9.91. The van der Waals surface area contributed by atoms with Gasteiger partial charge in [-0.25, -0.2) is 13.6 Å². The lowest BCUT2D eigenvalue weighted by molar-refractivity contribution is -0.0896. The van der Waals surface area contributed by atoms with Crippen molar-refractivity contribution in [2.45, 2.75) is 96.5 Å². The molecule has 3 heterocycles. The zero-order chi connectivity index (χ0) is 21.8. The number of amides is 1. The van der Waals surface area contributed by atoms with Gasteiger partial charge in [-0.15, -0.1) is 0 Å². The lowest BCUT2D eigenvalue weighted by atomic mass is 9.90. The summed E-state index contributed by atoms with van der Waals surface area (Å²) in [6.07, 6.45) is 1.57. The van der Waals surface area contributed by atoms with E-state index in [2.05, 4.69) is 5.10 Å². The van der Waals surface area contributed by atoms with Crippen LogP contribution in [0.1, 0.15) is 66.7 Å². The van der Waals surface area contributed by atoms with Gasteiger partial charge in [-0.05, 0) is 48.5 Å². The topological polar surface area (TPSA) is 65.8 Å². The van der Waals surface area contributed by atoms with Crippen LogP contribution in [0.3, 0.4) is 0 Å². The molecule has 0 N–H and O–H groups in total. The Kier molecular flexibility index (Phi) is 5.23. The number of aromatic nitrogens is 2. The number of rotatable bonds is 3. The molecule has 164 valence electrons. The molecule has 0 aromatic carbocycles. The zero-order valence-electron chi connectivity index (χ0n) is 18.2. The standard InChI is InChI=1S/C20H31F2N3O4/c1-17(2,3)29-16(26)25-12-20(21,22)8-14(25)11-24-10-13(9-23-24)15-27-18(4,5)19(6,7)28-15/h9-10,14-15H,8,11-12H2,1-7H3. The Labute approximate surface area is 170 Å². The Balaban J connectivity index is 1.72. The van der Waals surface area contributed by atoms with Crippen LogP contribution in [0.4, 0.5) is 13.6 Å². The molecule has 7 nitrogen and oxygen atoms in total. The van der Waals surface area contributed by atoms with Crippen LogP contribution in [0.5, 0.6) is 0 Å². The fourth-order valence-electron chi connectivity index (χ4n) is 3.39. The fourth-order valence-corrected chi connectivity index (χ4v) is 3.39. The summed E-state index contributed by atoms with van der Waals surface area (Å²) in [7, 11) is 0. The van der Waals surface area contributed by atoms with E-state index in [9.17, 15) is 13.6 Å². The van der Waals surface area contributed by atoms with Gasteiger partial charge in [-0.3, -0.25) is 9.58 Å². The van der Waals surface area contributed by atoms with Gasteiger partial charge in [-0.1, -0.05) is 0 Å². The highest BCUT2D eigenvalue weighted by molar-refractivity contribution is 5.69. The third kappa shape index (κ3) is 4.71. The van der Waals surface area contributed by atoms with E-state index in [4.69, 9.17) is 14.2 Å². The number of likely N-dealkylation sites (tertiary alicyclic amines) is 1. The summed E-state index contributed by atoms with van der Waals surface area (Å²) < 4.78 is 46.9. The van der Waals surface area contributed by atoms with Crippen molar-refractivity contribution in [3.63, 3.8) is 0 Å². The molecule has 1 amide bonds. The van der Waals surface area contributed by atoms with Gasteiger partial charge >= 0.3 is 6.09 Å². The molecule has 3 rings (SSSR count). The summed E-state index contributed by atoms with van der Waals surface area (Å²) in [5, 5.41) is 4.27. The van der Waals surface area contributed by atoms with Crippen LogP contribution < -0.4 is 0 Å². The minimum atomic E-state index is -2.96. The van der Waals surface area contributed by atoms with Crippen LogP contribution in [0.25, 0.3) is 0 Å². The molecule has 2 saturated heterocycles. The van der Waals surface area contributed by atoms with Gasteiger partial charge in [0.1, 0.15) is 5.60 Å². The smallest absolute Gasteiger partial charge is 0.410 e. The molecule has 1 unspecified atom stereocenters. The molecular weight excluding hydrogens is 384 g/mol. The van der Waals surface area contributed by atoms with Gasteiger partial charge in [0, 0.05) is 18.2 Å². The van der Waals surface area contributed by atoms with Gasteiger partial charge < -0.3 is 14.2 Å². The van der Waals surface area contributed by atoms with E-state index in [1.807, 2.05) is 27.7 Å². The molecule has 9 heteroatoms. The highest BCUT2D eigenvalue weighted by Gasteiger charge is 2.50. The summed E-state index contributed by atoms with van der Waals surface area (Å²) in [4.78, 5) is 13.5. The van der Waals surface area contributed by atoms with Crippen molar-refractivity contribution in [3.8, 4) is 0 Å². The summed E-state index contributed by atoms with van der Waals surface area (Å²) in [6.45, 7) is 12.4. The maximum atomic E-state index is 14.0. The molecule has 0 radical (unpaired) electrons. The van der Waals surface area contributed by atoms with Crippen LogP contribution in [0.2, 0.25) is 0 Å². The molecule has 0 aliphatic carbocycles. The largest absolute Gasteiger partial charge is 0.444 e. The Hall–Kier alpha value is -1.74. The summed E-state index contributed by atoms with van der Waals surface area (Å²) >= 11 is 0. The van der Waals surface area contributed by atoms with Crippen molar-refractivity contribution in [2.24, 2.45) is 0 Å². The van der Waals surface area contributed by atoms with E-state index in [0.717, 1.165) is 4.90 Å². The lowest BCUT2D eigenvalue weighted by Crippen LogP contribution is -2.42. The molecule has 29 heavy (non-hydrogen) atoms. The number of halogens is 2. The molecule has 1 aromatic rings. The Bertz CT molecular complexity index is 754. The minimum Gasteiger partial charge on any atom is -0.444 e. The van der Waals surface area contributed by atoms with Gasteiger partial charge in [0.05, 0.1) is 36.5 Å². The quantitative estimate of drug-likeness (QED) is 0.743. The van der Waals surface area contributed by atoms with Gasteiger partial charge in [-0.2, -0.15) is 5.10 Å². The second kappa shape index (κ2) is 6.91. The fraction of sp³-hybridized carbons (Fsp3) is 0.800. The Morgan fingerprint density at radius 1 is 1.24 bits per heavy atom. The van der Waals surface area contributed by atoms with Crippen LogP contribution in [0, 0.1) is 0 Å². The van der Waals surface area contributed by atoms with Gasteiger partial charge in [0.25, 0.3) is 5.92 Å². The first-order chi connectivity index (χ1) is 13.1. The normalized spacial score (nSPS) is 26.1. The number of nitrogens with zero attached hydrogens (tertiary/aromatic N) is 3. The maximum absolute atomic E-state index is 14.0. The number of hydrogen-bond acceptors (Lipinski definition) is 5. The summed E-state index contributed by atoms with van der Waals surface area (Å²) in [5.74, 6) is -2.96. The van der Waals surface area contributed by atoms with Gasteiger partial charge in [0.15, 0.2) is 6.29 Å². The SMILES string of the molecule is CC(C)(C)OC(=O)N1CC(F)(F)CC1Cn1cc(C2OC(C)(C)C(C)(C)O2)cn1. The second-order valence-corrected chi connectivity index (χ2v) is 9.91. The van der Waals surface area contributed by atoms with Gasteiger partial charge in [0.2, 0.25) is 0 Å². The van der Waals surface area contributed by atoms with Crippen LogP contribution >= 0.6 is 0 Å². The molecule has 2 aliphatic rings. The van der Waals surface area contributed by atoms with Crippen molar-refractivity contribution < 1.29 is 27.8 Å². The van der Waals surface area contributed by atoms with E-state index in [0.29, 0.717) is 5.56 Å². The first-order valence-corrected chi connectivity index (χ1v) is 9.84. The highest BCUT2D eigenvalue weighted by Crippen LogP contribution is 2.44. The van der Waals surface area contributed by atoms with Crippen molar-refractivity contribution in [1.29, 1.82) is 0 Å². The number of carbonyl (C=O) groups is 1. The summed E-state index contributed by atoms with van der Waals surface area (Å²) in [6, 6.07) is -0.717. The van der Waals surface area contributed by atoms with E-state index in [1.165, 1.54) is 0 Å². The van der Waals surface area contributed by atoms with Crippen LogP contribution in [-0.2, 0) is 20.8 Å². The van der Waals surface area contributed by atoms with Crippen LogP contribution in [-0.4, -0.2) is 56.1 Å². The van der Waals surface area contributed by atoms with E-state index < -0.39 is 54.1 Å². The molecule has 0 saturated carbocycles. The average Bonchev–Trinajstić information content (AvgIpc) is 3.14. The first-order valence-electron chi connectivity index (χ1n) is 9.84. The minimum absolute atomic E-state index is 0.133. The molecule has 2 fully saturated rings. The third-order valence-electron chi connectivity index (χ3n) is 5.58. The van der Waals surface area contributed by atoms with Crippen molar-refractivity contribution in [1.82, 2.24) is 14.7 Å². The monoisotopic (exact) mass is 415 g/mol. The number of carbonyl (C=O) groups excluding carboxylic acids is 1. The molecule has 0 bridgehead atoms. The molecule has 1 atom stereocenters. The van der Waals surface area contributed by atoms with Crippen LogP contribution in [0.15, 0.2) is 12.4 Å². The predicted molar refractivity (Wildman–Crippen MR) is 102 cm³/mol. The van der Waals surface area contributed by atoms with Crippen molar-refractivity contribution >= 4 is 6.09 Å². The van der Waals surface area contributed by atoms with E-state index in [-0.39, 0.29) is 6.54 Å². The predicted octanol–water partition coefficient (Wildman–Crippen LogP) is 4.13. The number of ether oxygens (including phenoxy) is 3. The number of alkyl halides is 2. The third-order valence-corrected chi connectivity index (χ3v) is 5.58. The molecule has 1 aromatic heterocycles. The molecular formula is C20H31F2N3O4. The molecule has 0 spiro atoms.